The van der Waals surface area contributed by atoms with Crippen molar-refractivity contribution in [1.29, 1.82) is 0 Å². The van der Waals surface area contributed by atoms with Crippen LogP contribution in [0.4, 0.5) is 17.3 Å². The molecule has 0 spiro atoms. The van der Waals surface area contributed by atoms with E-state index in [1.807, 2.05) is 19.0 Å². The molecule has 0 bridgehead atoms. The van der Waals surface area contributed by atoms with Crippen LogP contribution in [0.5, 0.6) is 0 Å². The van der Waals surface area contributed by atoms with Crippen LogP contribution in [0.2, 0.25) is 0 Å². The van der Waals surface area contributed by atoms with E-state index in [0.717, 1.165) is 25.9 Å². The van der Waals surface area contributed by atoms with Gasteiger partial charge < -0.3 is 15.1 Å². The van der Waals surface area contributed by atoms with Crippen molar-refractivity contribution in [3.05, 3.63) is 22.2 Å². The summed E-state index contributed by atoms with van der Waals surface area (Å²) in [5, 5.41) is 14.1. The van der Waals surface area contributed by atoms with Gasteiger partial charge in [-0.15, -0.1) is 0 Å². The second-order valence-corrected chi connectivity index (χ2v) is 5.25. The zero-order valence-corrected chi connectivity index (χ0v) is 12.2. The van der Waals surface area contributed by atoms with Crippen molar-refractivity contribution in [2.75, 3.05) is 44.4 Å². The third kappa shape index (κ3) is 2.98. The Labute approximate surface area is 118 Å². The van der Waals surface area contributed by atoms with E-state index in [1.54, 1.807) is 13.1 Å². The Balaban J connectivity index is 2.32. The molecule has 1 fully saturated rings. The normalized spacial score (nSPS) is 19.2. The lowest BCUT2D eigenvalue weighted by Crippen LogP contribution is -2.45. The Hall–Kier alpha value is -1.89. The summed E-state index contributed by atoms with van der Waals surface area (Å²) in [6, 6.07) is 3.56. The smallest absolute Gasteiger partial charge is 0.311 e. The van der Waals surface area contributed by atoms with Gasteiger partial charge in [-0.25, -0.2) is 4.98 Å². The summed E-state index contributed by atoms with van der Waals surface area (Å²) in [6.07, 6.45) is 2.13. The van der Waals surface area contributed by atoms with Crippen LogP contribution in [0.25, 0.3) is 0 Å². The molecular weight excluding hydrogens is 258 g/mol. The van der Waals surface area contributed by atoms with Crippen molar-refractivity contribution in [3.8, 4) is 0 Å². The Morgan fingerprint density at radius 3 is 2.85 bits per heavy atom. The summed E-state index contributed by atoms with van der Waals surface area (Å²) in [4.78, 5) is 19.4. The van der Waals surface area contributed by atoms with Crippen LogP contribution in [0, 0.1) is 10.1 Å². The fraction of sp³-hybridized carbons (Fsp3) is 0.615. The fourth-order valence-corrected chi connectivity index (χ4v) is 2.52. The van der Waals surface area contributed by atoms with E-state index in [1.165, 1.54) is 6.07 Å². The topological polar surface area (TPSA) is 74.5 Å². The Morgan fingerprint density at radius 2 is 2.25 bits per heavy atom. The quantitative estimate of drug-likeness (QED) is 0.666. The molecule has 7 nitrogen and oxygen atoms in total. The molecule has 1 aliphatic heterocycles. The van der Waals surface area contributed by atoms with Crippen LogP contribution < -0.4 is 10.2 Å². The van der Waals surface area contributed by atoms with Gasteiger partial charge in [-0.1, -0.05) is 0 Å². The summed E-state index contributed by atoms with van der Waals surface area (Å²) < 4.78 is 0. The van der Waals surface area contributed by atoms with Gasteiger partial charge in [-0.05, 0) is 33.0 Å². The van der Waals surface area contributed by atoms with E-state index in [9.17, 15) is 10.1 Å². The van der Waals surface area contributed by atoms with Crippen LogP contribution in [0.3, 0.4) is 0 Å². The van der Waals surface area contributed by atoms with Crippen LogP contribution >= 0.6 is 0 Å². The van der Waals surface area contributed by atoms with Gasteiger partial charge in [0.05, 0.1) is 4.92 Å². The molecule has 2 heterocycles. The summed E-state index contributed by atoms with van der Waals surface area (Å²) in [5.41, 5.74) is 0.0726. The highest BCUT2D eigenvalue weighted by atomic mass is 16.6. The predicted molar refractivity (Wildman–Crippen MR) is 79.4 cm³/mol. The molecule has 0 saturated carbocycles. The molecule has 2 rings (SSSR count). The molecule has 7 heteroatoms. The van der Waals surface area contributed by atoms with Crippen LogP contribution in [0.1, 0.15) is 12.8 Å². The number of anilines is 2. The zero-order valence-electron chi connectivity index (χ0n) is 12.2. The van der Waals surface area contributed by atoms with Crippen LogP contribution in [-0.2, 0) is 0 Å². The fourth-order valence-electron chi connectivity index (χ4n) is 2.52. The van der Waals surface area contributed by atoms with Crippen LogP contribution in [-0.4, -0.2) is 55.1 Å². The molecule has 1 aromatic rings. The third-order valence-electron chi connectivity index (χ3n) is 3.73. The van der Waals surface area contributed by atoms with Crippen molar-refractivity contribution < 1.29 is 4.92 Å². The lowest BCUT2D eigenvalue weighted by molar-refractivity contribution is -0.384. The maximum Gasteiger partial charge on any atom is 0.311 e. The van der Waals surface area contributed by atoms with Crippen LogP contribution in [0.15, 0.2) is 12.1 Å². The highest BCUT2D eigenvalue weighted by Crippen LogP contribution is 2.30. The van der Waals surface area contributed by atoms with Crippen molar-refractivity contribution in [1.82, 2.24) is 9.88 Å². The number of nitrogens with zero attached hydrogens (tertiary/aromatic N) is 4. The molecule has 1 unspecified atom stereocenters. The molecule has 1 atom stereocenters. The minimum absolute atomic E-state index is 0.0726. The highest BCUT2D eigenvalue weighted by molar-refractivity contribution is 5.62. The molecule has 0 aliphatic carbocycles. The molecule has 1 saturated heterocycles. The largest absolute Gasteiger partial charge is 0.373 e. The maximum atomic E-state index is 11.2. The van der Waals surface area contributed by atoms with E-state index in [-0.39, 0.29) is 10.6 Å². The lowest BCUT2D eigenvalue weighted by atomic mass is 10.0. The summed E-state index contributed by atoms with van der Waals surface area (Å²) >= 11 is 0. The van der Waals surface area contributed by atoms with Gasteiger partial charge in [-0.3, -0.25) is 10.1 Å². The average Bonchev–Trinajstić information content (AvgIpc) is 2.46. The van der Waals surface area contributed by atoms with Crippen molar-refractivity contribution in [2.45, 2.75) is 18.9 Å². The van der Waals surface area contributed by atoms with Gasteiger partial charge in [0.15, 0.2) is 0 Å². The maximum absolute atomic E-state index is 11.2. The first-order chi connectivity index (χ1) is 9.52. The Kier molecular flexibility index (Phi) is 4.39. The molecule has 110 valence electrons. The monoisotopic (exact) mass is 279 g/mol. The summed E-state index contributed by atoms with van der Waals surface area (Å²) in [6.45, 7) is 1.58. The van der Waals surface area contributed by atoms with Gasteiger partial charge in [0.25, 0.3) is 0 Å². The number of pyridine rings is 1. The Bertz CT molecular complexity index is 492. The average molecular weight is 279 g/mol. The number of aromatic nitrogens is 1. The van der Waals surface area contributed by atoms with E-state index >= 15 is 0 Å². The van der Waals surface area contributed by atoms with Gasteiger partial charge in [0.1, 0.15) is 5.82 Å². The summed E-state index contributed by atoms with van der Waals surface area (Å²) in [7, 11) is 5.84. The number of rotatable bonds is 4. The molecule has 20 heavy (non-hydrogen) atoms. The second kappa shape index (κ2) is 6.04. The van der Waals surface area contributed by atoms with E-state index in [2.05, 4.69) is 15.2 Å². The molecule has 0 radical (unpaired) electrons. The first kappa shape index (κ1) is 14.5. The minimum Gasteiger partial charge on any atom is -0.373 e. The standard InChI is InChI=1S/C13H21N5O2/c1-14-12-7-6-11(18(19)20)13(15-12)17-8-4-5-10(9-17)16(2)3/h6-7,10H,4-5,8-9H2,1-3H3,(H,14,15). The number of nitro groups is 1. The number of piperidine rings is 1. The van der Waals surface area contributed by atoms with E-state index in [0.29, 0.717) is 17.7 Å². The summed E-state index contributed by atoms with van der Waals surface area (Å²) in [5.74, 6) is 1.12. The zero-order chi connectivity index (χ0) is 14.7. The highest BCUT2D eigenvalue weighted by Gasteiger charge is 2.27. The SMILES string of the molecule is CNc1ccc([N+](=O)[O-])c(N2CCCC(N(C)C)C2)n1. The number of likely N-dealkylation sites (N-methyl/N-ethyl adjacent to an activating group) is 1. The van der Waals surface area contributed by atoms with E-state index < -0.39 is 0 Å². The molecular formula is C13H21N5O2. The van der Waals surface area contributed by atoms with Crippen molar-refractivity contribution in [2.24, 2.45) is 0 Å². The number of hydrogen-bond acceptors (Lipinski definition) is 6. The van der Waals surface area contributed by atoms with Crippen molar-refractivity contribution >= 4 is 17.3 Å². The van der Waals surface area contributed by atoms with Gasteiger partial charge in [0.2, 0.25) is 5.82 Å². The molecule has 0 amide bonds. The first-order valence-electron chi connectivity index (χ1n) is 6.77. The number of hydrogen-bond donors (Lipinski definition) is 1. The third-order valence-corrected chi connectivity index (χ3v) is 3.73. The predicted octanol–water partition coefficient (Wildman–Crippen LogP) is 1.56. The lowest BCUT2D eigenvalue weighted by Gasteiger charge is -2.36. The van der Waals surface area contributed by atoms with E-state index in [4.69, 9.17) is 0 Å². The van der Waals surface area contributed by atoms with Gasteiger partial charge >= 0.3 is 5.69 Å². The number of nitrogens with one attached hydrogen (secondary N) is 1. The molecule has 0 aromatic carbocycles. The second-order valence-electron chi connectivity index (χ2n) is 5.25. The minimum atomic E-state index is -0.360. The Morgan fingerprint density at radius 1 is 1.50 bits per heavy atom. The molecule has 1 N–H and O–H groups in total. The van der Waals surface area contributed by atoms with Crippen molar-refractivity contribution in [3.63, 3.8) is 0 Å². The molecule has 1 aliphatic rings. The van der Waals surface area contributed by atoms with Gasteiger partial charge in [0, 0.05) is 32.2 Å². The van der Waals surface area contributed by atoms with Gasteiger partial charge in [-0.2, -0.15) is 0 Å². The first-order valence-corrected chi connectivity index (χ1v) is 6.77. The molecule has 1 aromatic heterocycles.